The zero-order valence-corrected chi connectivity index (χ0v) is 15.7. The van der Waals surface area contributed by atoms with Crippen molar-refractivity contribution in [3.05, 3.63) is 11.7 Å². The maximum atomic E-state index is 12.5. The summed E-state index contributed by atoms with van der Waals surface area (Å²) in [5, 5.41) is 7.05. The van der Waals surface area contributed by atoms with Crippen molar-refractivity contribution in [2.24, 2.45) is 5.92 Å². The second kappa shape index (κ2) is 8.79. The summed E-state index contributed by atoms with van der Waals surface area (Å²) < 4.78 is 5.20. The van der Waals surface area contributed by atoms with E-state index in [-0.39, 0.29) is 17.7 Å². The van der Waals surface area contributed by atoms with Crippen LogP contribution in [0.3, 0.4) is 0 Å². The van der Waals surface area contributed by atoms with Crippen molar-refractivity contribution in [2.45, 2.75) is 77.2 Å². The van der Waals surface area contributed by atoms with Crippen LogP contribution in [0.4, 0.5) is 0 Å². The molecule has 0 aromatic carbocycles. The van der Waals surface area contributed by atoms with Gasteiger partial charge in [-0.1, -0.05) is 38.3 Å². The zero-order chi connectivity index (χ0) is 17.6. The Morgan fingerprint density at radius 2 is 2.04 bits per heavy atom. The summed E-state index contributed by atoms with van der Waals surface area (Å²) in [5.74, 6) is 1.90. The maximum Gasteiger partial charge on any atom is 0.229 e. The van der Waals surface area contributed by atoms with Crippen molar-refractivity contribution in [1.82, 2.24) is 20.4 Å². The van der Waals surface area contributed by atoms with Crippen molar-refractivity contribution in [3.8, 4) is 0 Å². The van der Waals surface area contributed by atoms with Gasteiger partial charge in [0.1, 0.15) is 0 Å². The summed E-state index contributed by atoms with van der Waals surface area (Å²) in [7, 11) is 0. The summed E-state index contributed by atoms with van der Waals surface area (Å²) in [5.41, 5.74) is 0. The minimum Gasteiger partial charge on any atom is -0.355 e. The Morgan fingerprint density at radius 1 is 1.24 bits per heavy atom. The number of hydrogen-bond donors (Lipinski definition) is 1. The van der Waals surface area contributed by atoms with E-state index in [2.05, 4.69) is 20.4 Å². The van der Waals surface area contributed by atoms with E-state index < -0.39 is 0 Å². The average Bonchev–Trinajstić information content (AvgIpc) is 3.12. The molecule has 1 aromatic rings. The predicted octanol–water partition coefficient (Wildman–Crippen LogP) is 2.90. The third-order valence-corrected chi connectivity index (χ3v) is 5.54. The summed E-state index contributed by atoms with van der Waals surface area (Å²) in [6.07, 6.45) is 9.46. The molecule has 0 unspecified atom stereocenters. The fraction of sp³-hybridized carbons (Fsp3) is 0.842. The molecule has 2 fully saturated rings. The molecule has 140 valence electrons. The number of piperidine rings is 1. The van der Waals surface area contributed by atoms with Crippen LogP contribution >= 0.6 is 0 Å². The van der Waals surface area contributed by atoms with E-state index in [1.807, 2.05) is 13.8 Å². The number of aromatic nitrogens is 2. The molecule has 6 nitrogen and oxygen atoms in total. The average molecular weight is 348 g/mol. The smallest absolute Gasteiger partial charge is 0.229 e. The lowest BCUT2D eigenvalue weighted by Crippen LogP contribution is -2.47. The summed E-state index contributed by atoms with van der Waals surface area (Å²) in [6, 6.07) is 0.707. The van der Waals surface area contributed by atoms with Gasteiger partial charge in [-0.25, -0.2) is 0 Å². The lowest BCUT2D eigenvalue weighted by molar-refractivity contribution is -0.127. The van der Waals surface area contributed by atoms with E-state index in [9.17, 15) is 4.79 Å². The predicted molar refractivity (Wildman–Crippen MR) is 96.3 cm³/mol. The Labute approximate surface area is 150 Å². The zero-order valence-electron chi connectivity index (χ0n) is 15.7. The van der Waals surface area contributed by atoms with Gasteiger partial charge in [-0.15, -0.1) is 0 Å². The van der Waals surface area contributed by atoms with Gasteiger partial charge in [0.15, 0.2) is 5.82 Å². The first-order chi connectivity index (χ1) is 12.1. The highest BCUT2D eigenvalue weighted by molar-refractivity contribution is 5.78. The number of nitrogens with one attached hydrogen (secondary N) is 1. The Bertz CT molecular complexity index is 551. The molecule has 1 aromatic heterocycles. The second-order valence-corrected chi connectivity index (χ2v) is 7.87. The van der Waals surface area contributed by atoms with Gasteiger partial charge in [-0.3, -0.25) is 9.69 Å². The van der Waals surface area contributed by atoms with Crippen LogP contribution in [0, 0.1) is 5.92 Å². The van der Waals surface area contributed by atoms with E-state index in [4.69, 9.17) is 4.52 Å². The summed E-state index contributed by atoms with van der Waals surface area (Å²) >= 11 is 0. The van der Waals surface area contributed by atoms with Crippen molar-refractivity contribution in [2.75, 3.05) is 19.6 Å². The molecule has 1 atom stereocenters. The van der Waals surface area contributed by atoms with Crippen LogP contribution in [0.5, 0.6) is 0 Å². The van der Waals surface area contributed by atoms with Gasteiger partial charge in [0.25, 0.3) is 0 Å². The number of nitrogens with zero attached hydrogens (tertiary/aromatic N) is 3. The molecule has 2 heterocycles. The van der Waals surface area contributed by atoms with Gasteiger partial charge in [0.05, 0.1) is 5.92 Å². The molecule has 25 heavy (non-hydrogen) atoms. The van der Waals surface area contributed by atoms with Crippen molar-refractivity contribution >= 4 is 5.91 Å². The van der Waals surface area contributed by atoms with Gasteiger partial charge in [-0.2, -0.15) is 4.98 Å². The molecular formula is C19H32N4O2. The molecular weight excluding hydrogens is 316 g/mol. The van der Waals surface area contributed by atoms with Crippen LogP contribution in [0.15, 0.2) is 4.52 Å². The minimum absolute atomic E-state index is 0.132. The molecule has 0 bridgehead atoms. The van der Waals surface area contributed by atoms with E-state index >= 15 is 0 Å². The summed E-state index contributed by atoms with van der Waals surface area (Å²) in [6.45, 7) is 6.72. The van der Waals surface area contributed by atoms with E-state index in [0.29, 0.717) is 30.7 Å². The van der Waals surface area contributed by atoms with Crippen LogP contribution in [0.25, 0.3) is 0 Å². The van der Waals surface area contributed by atoms with E-state index in [1.54, 1.807) is 0 Å². The number of carbonyl (C=O) groups is 1. The fourth-order valence-corrected chi connectivity index (χ4v) is 4.04. The topological polar surface area (TPSA) is 71.3 Å². The Morgan fingerprint density at radius 3 is 2.76 bits per heavy atom. The Hall–Kier alpha value is -1.43. The van der Waals surface area contributed by atoms with Crippen LogP contribution in [-0.4, -0.2) is 46.6 Å². The second-order valence-electron chi connectivity index (χ2n) is 7.87. The lowest BCUT2D eigenvalue weighted by Gasteiger charge is -2.39. The van der Waals surface area contributed by atoms with E-state index in [1.165, 1.54) is 32.1 Å². The first kappa shape index (κ1) is 18.4. The molecule has 1 aliphatic heterocycles. The minimum atomic E-state index is 0.132. The highest BCUT2D eigenvalue weighted by Crippen LogP contribution is 2.27. The molecule has 0 spiro atoms. The van der Waals surface area contributed by atoms with Gasteiger partial charge in [-0.05, 0) is 32.2 Å². The Kier molecular flexibility index (Phi) is 6.45. The monoisotopic (exact) mass is 348 g/mol. The quantitative estimate of drug-likeness (QED) is 0.856. The molecule has 2 aliphatic rings. The molecule has 0 radical (unpaired) electrons. The van der Waals surface area contributed by atoms with E-state index in [0.717, 1.165) is 25.9 Å². The van der Waals surface area contributed by atoms with Gasteiger partial charge < -0.3 is 9.84 Å². The fourth-order valence-electron chi connectivity index (χ4n) is 4.04. The van der Waals surface area contributed by atoms with Gasteiger partial charge >= 0.3 is 0 Å². The van der Waals surface area contributed by atoms with Crippen molar-refractivity contribution in [3.63, 3.8) is 0 Å². The third-order valence-electron chi connectivity index (χ3n) is 5.54. The molecule has 6 heteroatoms. The van der Waals surface area contributed by atoms with Crippen LogP contribution < -0.4 is 5.32 Å². The number of hydrogen-bond acceptors (Lipinski definition) is 5. The van der Waals surface area contributed by atoms with Crippen LogP contribution in [-0.2, 0) is 11.2 Å². The number of carbonyl (C=O) groups excluding carboxylic acids is 1. The molecule has 1 saturated carbocycles. The van der Waals surface area contributed by atoms with Crippen LogP contribution in [0.1, 0.15) is 76.4 Å². The van der Waals surface area contributed by atoms with Crippen LogP contribution in [0.2, 0.25) is 0 Å². The lowest BCUT2D eigenvalue weighted by atomic mass is 9.90. The maximum absolute atomic E-state index is 12.5. The van der Waals surface area contributed by atoms with Crippen molar-refractivity contribution < 1.29 is 9.32 Å². The summed E-state index contributed by atoms with van der Waals surface area (Å²) in [4.78, 5) is 19.5. The first-order valence-corrected chi connectivity index (χ1v) is 9.97. The molecule has 1 N–H and O–H groups in total. The normalized spacial score (nSPS) is 23.1. The number of rotatable bonds is 6. The SMILES string of the molecule is CC(C)c1nc(CCNC(=O)[C@@H]2CCCN(C3CCCCC3)C2)no1. The Balaban J connectivity index is 1.42. The standard InChI is InChI=1S/C19H32N4O2/c1-14(2)19-21-17(22-25-19)10-11-20-18(24)15-7-6-12-23(13-15)16-8-4-3-5-9-16/h14-16H,3-13H2,1-2H3,(H,20,24)/t15-/m1/s1. The highest BCUT2D eigenvalue weighted by Gasteiger charge is 2.30. The number of amides is 1. The largest absolute Gasteiger partial charge is 0.355 e. The third kappa shape index (κ3) is 5.03. The highest BCUT2D eigenvalue weighted by atomic mass is 16.5. The van der Waals surface area contributed by atoms with Gasteiger partial charge in [0, 0.05) is 31.5 Å². The molecule has 3 rings (SSSR count). The van der Waals surface area contributed by atoms with Gasteiger partial charge in [0.2, 0.25) is 11.8 Å². The molecule has 1 saturated heterocycles. The first-order valence-electron chi connectivity index (χ1n) is 9.97. The molecule has 1 aliphatic carbocycles. The molecule has 1 amide bonds. The number of likely N-dealkylation sites (tertiary alicyclic amines) is 1. The van der Waals surface area contributed by atoms with Crippen molar-refractivity contribution in [1.29, 1.82) is 0 Å².